The second kappa shape index (κ2) is 15.3. The van der Waals surface area contributed by atoms with Gasteiger partial charge in [-0.05, 0) is 73.0 Å². The van der Waals surface area contributed by atoms with Gasteiger partial charge in [0.1, 0.15) is 29.6 Å². The van der Waals surface area contributed by atoms with Crippen molar-refractivity contribution >= 4 is 55.2 Å². The van der Waals surface area contributed by atoms with Crippen LogP contribution in [0.15, 0.2) is 132 Å². The fraction of sp³-hybridized carbons (Fsp3) is 0.100. The van der Waals surface area contributed by atoms with Crippen molar-refractivity contribution in [2.24, 2.45) is 5.92 Å². The molecule has 16 heteroatoms. The van der Waals surface area contributed by atoms with Gasteiger partial charge in [-0.15, -0.1) is 0 Å². The van der Waals surface area contributed by atoms with Crippen LogP contribution in [0.3, 0.4) is 0 Å². The molecule has 0 aliphatic rings. The molecule has 320 valence electrons. The number of furan rings is 2. The minimum atomic E-state index is -0.0899. The average molecular weight is 868 g/mol. The highest BCUT2D eigenvalue weighted by atomic mass is 16.3. The largest absolute Gasteiger partial charge is 0.472 e. The number of aromatic nitrogens is 12. The molecule has 16 nitrogen and oxygen atoms in total. The second-order valence-electron chi connectivity index (χ2n) is 16.7. The fourth-order valence-electron chi connectivity index (χ4n) is 8.67. The zero-order chi connectivity index (χ0) is 44.5. The Balaban J connectivity index is 1.00. The third kappa shape index (κ3) is 6.58. The van der Waals surface area contributed by atoms with Crippen LogP contribution >= 0.6 is 0 Å². The summed E-state index contributed by atoms with van der Waals surface area (Å²) in [6, 6.07) is 17.7. The first kappa shape index (κ1) is 38.6. The lowest BCUT2D eigenvalue weighted by molar-refractivity contribution is -0.116. The van der Waals surface area contributed by atoms with Crippen molar-refractivity contribution in [1.82, 2.24) is 60.3 Å². The maximum Gasteiger partial charge on any atom is 0.224 e. The fourth-order valence-corrected chi connectivity index (χ4v) is 8.67. The van der Waals surface area contributed by atoms with Crippen LogP contribution in [0.4, 0.5) is 5.69 Å². The predicted molar refractivity (Wildman–Crippen MR) is 252 cm³/mol. The highest BCUT2D eigenvalue weighted by molar-refractivity contribution is 6.08. The van der Waals surface area contributed by atoms with E-state index in [1.54, 1.807) is 62.2 Å². The van der Waals surface area contributed by atoms with Gasteiger partial charge in [-0.1, -0.05) is 13.8 Å². The zero-order valence-electron chi connectivity index (χ0n) is 35.6. The van der Waals surface area contributed by atoms with Gasteiger partial charge in [-0.3, -0.25) is 39.9 Å². The summed E-state index contributed by atoms with van der Waals surface area (Å²) in [5.74, 6) is 0.108. The molecule has 0 atom stereocenters. The number of H-pyrrole nitrogens is 4. The molecule has 12 rings (SSSR count). The molecule has 12 aromatic rings. The molecule has 66 heavy (non-hydrogen) atoms. The lowest BCUT2D eigenvalue weighted by atomic mass is 10.0. The van der Waals surface area contributed by atoms with Crippen LogP contribution in [-0.2, 0) is 4.79 Å². The van der Waals surface area contributed by atoms with Crippen molar-refractivity contribution in [3.05, 3.63) is 129 Å². The Morgan fingerprint density at radius 1 is 0.621 bits per heavy atom. The molecular weight excluding hydrogens is 831 g/mol. The summed E-state index contributed by atoms with van der Waals surface area (Å²) < 4.78 is 11.4. The number of rotatable bonds is 10. The molecule has 0 bridgehead atoms. The number of aromatic amines is 4. The van der Waals surface area contributed by atoms with Crippen LogP contribution in [0.2, 0.25) is 0 Å². The number of fused-ring (bicyclic) bond motifs is 4. The quantitative estimate of drug-likeness (QED) is 0.0869. The van der Waals surface area contributed by atoms with Crippen molar-refractivity contribution in [3.63, 3.8) is 0 Å². The van der Waals surface area contributed by atoms with Crippen molar-refractivity contribution in [2.75, 3.05) is 5.32 Å². The number of anilines is 1. The van der Waals surface area contributed by atoms with E-state index in [0.29, 0.717) is 57.1 Å². The van der Waals surface area contributed by atoms with Gasteiger partial charge in [-0.2, -0.15) is 10.2 Å². The monoisotopic (exact) mass is 867 g/mol. The molecule has 12 aromatic heterocycles. The maximum absolute atomic E-state index is 12.9. The molecule has 0 saturated heterocycles. The molecule has 1 amide bonds. The maximum atomic E-state index is 12.9. The van der Waals surface area contributed by atoms with Crippen LogP contribution in [0.25, 0.3) is 123 Å². The van der Waals surface area contributed by atoms with E-state index in [2.05, 4.69) is 46.5 Å². The number of carbonyl (C=O) groups is 1. The van der Waals surface area contributed by atoms with E-state index >= 15 is 0 Å². The van der Waals surface area contributed by atoms with E-state index in [1.807, 2.05) is 75.5 Å². The van der Waals surface area contributed by atoms with Crippen molar-refractivity contribution in [1.29, 1.82) is 0 Å². The minimum Gasteiger partial charge on any atom is -0.472 e. The van der Waals surface area contributed by atoms with Crippen LogP contribution in [0.5, 0.6) is 0 Å². The van der Waals surface area contributed by atoms with Gasteiger partial charge >= 0.3 is 0 Å². The van der Waals surface area contributed by atoms with E-state index in [4.69, 9.17) is 34.0 Å². The van der Waals surface area contributed by atoms with Gasteiger partial charge in [0, 0.05) is 92.2 Å². The summed E-state index contributed by atoms with van der Waals surface area (Å²) in [4.78, 5) is 48.5. The number of hydrogen-bond donors (Lipinski definition) is 5. The number of amides is 1. The molecule has 12 heterocycles. The van der Waals surface area contributed by atoms with Crippen molar-refractivity contribution < 1.29 is 13.6 Å². The molecular formula is C50H37N13O3. The molecule has 0 aliphatic heterocycles. The highest BCUT2D eigenvalue weighted by Crippen LogP contribution is 2.42. The van der Waals surface area contributed by atoms with Gasteiger partial charge in [0.15, 0.2) is 0 Å². The molecule has 0 saturated carbocycles. The number of hydrogen-bond acceptors (Lipinski definition) is 11. The van der Waals surface area contributed by atoms with E-state index < -0.39 is 0 Å². The Kier molecular flexibility index (Phi) is 8.97. The molecule has 5 N–H and O–H groups in total. The number of pyridine rings is 6. The van der Waals surface area contributed by atoms with Crippen LogP contribution in [0, 0.1) is 12.8 Å². The van der Waals surface area contributed by atoms with Gasteiger partial charge in [-0.25, -0.2) is 4.98 Å². The molecule has 0 spiro atoms. The Morgan fingerprint density at radius 2 is 1.35 bits per heavy atom. The predicted octanol–water partition coefficient (Wildman–Crippen LogP) is 10.9. The number of nitrogens with one attached hydrogen (secondary N) is 5. The summed E-state index contributed by atoms with van der Waals surface area (Å²) in [5, 5.41) is 22.6. The first-order valence-electron chi connectivity index (χ1n) is 21.3. The van der Waals surface area contributed by atoms with E-state index in [-0.39, 0.29) is 11.8 Å². The van der Waals surface area contributed by atoms with Crippen LogP contribution in [-0.4, -0.2) is 66.2 Å². The Hall–Kier alpha value is -9.05. The summed E-state index contributed by atoms with van der Waals surface area (Å²) >= 11 is 0. The third-order valence-electron chi connectivity index (χ3n) is 11.8. The van der Waals surface area contributed by atoms with Crippen LogP contribution < -0.4 is 5.32 Å². The highest BCUT2D eigenvalue weighted by Gasteiger charge is 2.24. The second-order valence-corrected chi connectivity index (χ2v) is 16.7. The Labute approximate surface area is 374 Å². The third-order valence-corrected chi connectivity index (χ3v) is 11.8. The summed E-state index contributed by atoms with van der Waals surface area (Å²) in [6.07, 6.45) is 19.4. The molecule has 0 radical (unpaired) electrons. The smallest absolute Gasteiger partial charge is 0.224 e. The van der Waals surface area contributed by atoms with Crippen molar-refractivity contribution in [2.45, 2.75) is 27.2 Å². The zero-order valence-corrected chi connectivity index (χ0v) is 35.6. The molecule has 0 unspecified atom stereocenters. The minimum absolute atomic E-state index is 0.0899. The lowest BCUT2D eigenvalue weighted by Gasteiger charge is -2.10. The summed E-state index contributed by atoms with van der Waals surface area (Å²) in [5.41, 5.74) is 15.2. The molecule has 0 fully saturated rings. The van der Waals surface area contributed by atoms with E-state index in [9.17, 15) is 4.79 Å². The van der Waals surface area contributed by atoms with Gasteiger partial charge in [0.05, 0.1) is 81.4 Å². The summed E-state index contributed by atoms with van der Waals surface area (Å²) in [7, 11) is 0. The van der Waals surface area contributed by atoms with Crippen LogP contribution in [0.1, 0.15) is 25.8 Å². The number of nitrogens with zero attached hydrogens (tertiary/aromatic N) is 8. The van der Waals surface area contributed by atoms with Gasteiger partial charge in [0.25, 0.3) is 0 Å². The Bertz CT molecular complexity index is 3810. The average Bonchev–Trinajstić information content (AvgIpc) is 4.19. The first-order chi connectivity index (χ1) is 32.3. The standard InChI is InChI=1S/C50H37N13O3/c1-25(2)12-44(64)56-29-13-28(18-52-19-29)39-17-33-48(42-15-30-37(57-42)5-9-53-45(30)27-7-11-65-22-27)62-63-50(33)49(59-39)36-24-66-23-35(36)46-31-16-41(58-38(31)6-10-54-46)47-32-14-40(55-21-43(32)60-61-47)34-20-51-8-4-26(34)3/h4-11,13-25,57-58H,12H2,1-3H3,(H,56,64)(H,60,61)(H,62,63). The Morgan fingerprint density at radius 3 is 2.12 bits per heavy atom. The topological polar surface area (TPSA) is 222 Å². The molecule has 0 aromatic carbocycles. The first-order valence-corrected chi connectivity index (χ1v) is 21.3. The molecule has 0 aliphatic carbocycles. The normalized spacial score (nSPS) is 11.8. The number of aryl methyl sites for hydroxylation is 1. The van der Waals surface area contributed by atoms with Gasteiger partial charge < -0.3 is 24.1 Å². The summed E-state index contributed by atoms with van der Waals surface area (Å²) in [6.45, 7) is 6.06. The number of carbonyl (C=O) groups excluding carboxylic acids is 1. The van der Waals surface area contributed by atoms with E-state index in [1.165, 1.54) is 0 Å². The lowest BCUT2D eigenvalue weighted by Crippen LogP contribution is -2.14. The van der Waals surface area contributed by atoms with E-state index in [0.717, 1.165) is 83.3 Å². The van der Waals surface area contributed by atoms with Crippen molar-refractivity contribution in [3.8, 4) is 79.1 Å². The SMILES string of the molecule is Cc1ccncc1-c1cc2c(-c3cc4c(-c5cocc5-c5nc(-c6cncc(NC(=O)CC(C)C)c6)cc6c(-c7cc8c(-c9ccoc9)nccc8[nH]7)n[nH]c56)nccc4[nH]3)n[nH]c2cn1. The van der Waals surface area contributed by atoms with Gasteiger partial charge in [0.2, 0.25) is 5.91 Å².